The van der Waals surface area contributed by atoms with E-state index in [1.165, 1.54) is 49.5 Å². The fraction of sp³-hybridized carbons (Fsp3) is 0.292. The Kier molecular flexibility index (Phi) is 7.90. The van der Waals surface area contributed by atoms with Crippen LogP contribution in [0.15, 0.2) is 42.5 Å². The number of carboxylic acid groups (broad SMARTS) is 1. The van der Waals surface area contributed by atoms with E-state index in [0.29, 0.717) is 18.4 Å². The van der Waals surface area contributed by atoms with Crippen molar-refractivity contribution in [3.05, 3.63) is 74.9 Å². The first-order valence-corrected chi connectivity index (χ1v) is 11.6. The van der Waals surface area contributed by atoms with Gasteiger partial charge in [0.15, 0.2) is 5.69 Å². The molecule has 1 heterocycles. The standard InChI is InChI=1S/C22H16Cl2F3N3O4.C2H6/c1-30-19(34-13-6-7-14(23)15(24)10-13)16(17(29-30)22(25,26)27)18(31)28-21(8-9-21)12-4-2-11(3-5-12)20(32)33;1-2/h2-7,10H,8-9H2,1H3,(H,28,31)(H,32,33);1-2H3. The number of rotatable bonds is 6. The maximum absolute atomic E-state index is 13.7. The van der Waals surface area contributed by atoms with Gasteiger partial charge < -0.3 is 15.2 Å². The second kappa shape index (κ2) is 10.4. The Labute approximate surface area is 214 Å². The van der Waals surface area contributed by atoms with Gasteiger partial charge in [-0.15, -0.1) is 0 Å². The molecule has 0 aliphatic heterocycles. The van der Waals surface area contributed by atoms with E-state index in [-0.39, 0.29) is 21.4 Å². The summed E-state index contributed by atoms with van der Waals surface area (Å²) in [6.45, 7) is 4.00. The van der Waals surface area contributed by atoms with Crippen LogP contribution in [0.2, 0.25) is 10.0 Å². The van der Waals surface area contributed by atoms with Gasteiger partial charge in [-0.05, 0) is 42.7 Å². The normalized spacial score (nSPS) is 13.9. The largest absolute Gasteiger partial charge is 0.478 e. The third-order valence-corrected chi connectivity index (χ3v) is 6.12. The Morgan fingerprint density at radius 3 is 2.19 bits per heavy atom. The van der Waals surface area contributed by atoms with E-state index in [2.05, 4.69) is 10.4 Å². The number of ether oxygens (including phenoxy) is 1. The minimum Gasteiger partial charge on any atom is -0.478 e. The molecule has 12 heteroatoms. The van der Waals surface area contributed by atoms with E-state index in [1.807, 2.05) is 13.8 Å². The molecular weight excluding hydrogens is 522 g/mol. The van der Waals surface area contributed by atoms with Gasteiger partial charge >= 0.3 is 12.1 Å². The van der Waals surface area contributed by atoms with E-state index < -0.39 is 40.7 Å². The number of carbonyl (C=O) groups is 2. The summed E-state index contributed by atoms with van der Waals surface area (Å²) in [7, 11) is 1.22. The molecule has 0 saturated heterocycles. The number of aromatic carboxylic acids is 1. The summed E-state index contributed by atoms with van der Waals surface area (Å²) in [6, 6.07) is 9.89. The molecule has 7 nitrogen and oxygen atoms in total. The number of nitrogens with one attached hydrogen (secondary N) is 1. The molecule has 2 aromatic carbocycles. The number of alkyl halides is 3. The molecule has 0 atom stereocenters. The molecule has 1 amide bonds. The van der Waals surface area contributed by atoms with Gasteiger partial charge in [-0.3, -0.25) is 4.79 Å². The molecule has 192 valence electrons. The van der Waals surface area contributed by atoms with Crippen molar-refractivity contribution in [1.82, 2.24) is 15.1 Å². The Bertz CT molecular complexity index is 1290. The van der Waals surface area contributed by atoms with Crippen LogP contribution in [0.25, 0.3) is 0 Å². The lowest BCUT2D eigenvalue weighted by atomic mass is 10.0. The molecule has 4 rings (SSSR count). The van der Waals surface area contributed by atoms with Gasteiger partial charge in [0.1, 0.15) is 11.3 Å². The van der Waals surface area contributed by atoms with Crippen LogP contribution in [0.1, 0.15) is 58.7 Å². The number of carbonyl (C=O) groups excluding carboxylic acids is 1. The molecule has 1 saturated carbocycles. The summed E-state index contributed by atoms with van der Waals surface area (Å²) in [5, 5.41) is 15.5. The molecule has 3 aromatic rings. The number of carboxylic acids is 1. The van der Waals surface area contributed by atoms with Crippen LogP contribution >= 0.6 is 23.2 Å². The van der Waals surface area contributed by atoms with Crippen LogP contribution in [-0.2, 0) is 18.8 Å². The molecule has 0 bridgehead atoms. The lowest BCUT2D eigenvalue weighted by Gasteiger charge is -2.19. The first-order chi connectivity index (χ1) is 16.9. The number of aromatic nitrogens is 2. The van der Waals surface area contributed by atoms with Crippen molar-refractivity contribution in [1.29, 1.82) is 0 Å². The zero-order valence-electron chi connectivity index (χ0n) is 19.4. The maximum Gasteiger partial charge on any atom is 0.436 e. The maximum atomic E-state index is 13.7. The van der Waals surface area contributed by atoms with Gasteiger partial charge in [0.05, 0.1) is 21.1 Å². The Morgan fingerprint density at radius 2 is 1.69 bits per heavy atom. The molecule has 2 N–H and O–H groups in total. The molecular formula is C24H22Cl2F3N3O4. The minimum absolute atomic E-state index is 0.0507. The van der Waals surface area contributed by atoms with Gasteiger partial charge in [0.2, 0.25) is 5.88 Å². The highest BCUT2D eigenvalue weighted by atomic mass is 35.5. The van der Waals surface area contributed by atoms with Crippen LogP contribution in [-0.4, -0.2) is 26.8 Å². The van der Waals surface area contributed by atoms with Crippen molar-refractivity contribution in [3.8, 4) is 11.6 Å². The fourth-order valence-electron chi connectivity index (χ4n) is 3.50. The summed E-state index contributed by atoms with van der Waals surface area (Å²) in [5.74, 6) is -2.52. The van der Waals surface area contributed by atoms with Crippen molar-refractivity contribution >= 4 is 35.1 Å². The van der Waals surface area contributed by atoms with Crippen molar-refractivity contribution in [2.24, 2.45) is 7.05 Å². The number of hydrogen-bond donors (Lipinski definition) is 2. The predicted octanol–water partition coefficient (Wildman–Crippen LogP) is 6.68. The number of nitrogens with zero attached hydrogens (tertiary/aromatic N) is 2. The Morgan fingerprint density at radius 1 is 1.08 bits per heavy atom. The van der Waals surface area contributed by atoms with Gasteiger partial charge in [-0.25, -0.2) is 9.48 Å². The Balaban J connectivity index is 0.00000176. The highest BCUT2D eigenvalue weighted by Crippen LogP contribution is 2.47. The minimum atomic E-state index is -4.93. The SMILES string of the molecule is CC.Cn1nc(C(F)(F)F)c(C(=O)NC2(c3ccc(C(=O)O)cc3)CC2)c1Oc1ccc(Cl)c(Cl)c1. The molecule has 1 fully saturated rings. The third-order valence-electron chi connectivity index (χ3n) is 5.38. The van der Waals surface area contributed by atoms with Crippen molar-refractivity contribution in [3.63, 3.8) is 0 Å². The zero-order valence-corrected chi connectivity index (χ0v) is 20.9. The van der Waals surface area contributed by atoms with Crippen molar-refractivity contribution in [2.45, 2.75) is 38.4 Å². The number of hydrogen-bond acceptors (Lipinski definition) is 4. The second-order valence-electron chi connectivity index (χ2n) is 7.75. The average molecular weight is 544 g/mol. The summed E-state index contributed by atoms with van der Waals surface area (Å²) >= 11 is 11.8. The molecule has 1 aliphatic carbocycles. The number of halogens is 5. The van der Waals surface area contributed by atoms with E-state index in [4.69, 9.17) is 33.0 Å². The lowest BCUT2D eigenvalue weighted by Crippen LogP contribution is -2.36. The summed E-state index contributed by atoms with van der Waals surface area (Å²) in [5.41, 5.74) is -2.48. The van der Waals surface area contributed by atoms with Gasteiger partial charge in [-0.2, -0.15) is 18.3 Å². The first kappa shape index (κ1) is 27.3. The highest BCUT2D eigenvalue weighted by molar-refractivity contribution is 6.42. The lowest BCUT2D eigenvalue weighted by molar-refractivity contribution is -0.141. The second-order valence-corrected chi connectivity index (χ2v) is 8.56. The smallest absolute Gasteiger partial charge is 0.436 e. The summed E-state index contributed by atoms with van der Waals surface area (Å²) < 4.78 is 47.6. The molecule has 0 spiro atoms. The number of amides is 1. The number of aryl methyl sites for hydroxylation is 1. The molecule has 36 heavy (non-hydrogen) atoms. The topological polar surface area (TPSA) is 93.5 Å². The van der Waals surface area contributed by atoms with Crippen LogP contribution < -0.4 is 10.1 Å². The molecule has 1 aromatic heterocycles. The average Bonchev–Trinajstić information content (AvgIpc) is 3.53. The predicted molar refractivity (Wildman–Crippen MR) is 128 cm³/mol. The summed E-state index contributed by atoms with van der Waals surface area (Å²) in [4.78, 5) is 24.3. The van der Waals surface area contributed by atoms with Gasteiger partial charge in [0.25, 0.3) is 5.91 Å². The molecule has 1 aliphatic rings. The summed E-state index contributed by atoms with van der Waals surface area (Å²) in [6.07, 6.45) is -3.99. The van der Waals surface area contributed by atoms with Crippen LogP contribution in [0.4, 0.5) is 13.2 Å². The zero-order chi connectivity index (χ0) is 26.8. The van der Waals surface area contributed by atoms with Crippen molar-refractivity contribution < 1.29 is 32.6 Å². The first-order valence-electron chi connectivity index (χ1n) is 10.8. The monoisotopic (exact) mass is 543 g/mol. The van der Waals surface area contributed by atoms with Gasteiger partial charge in [-0.1, -0.05) is 49.2 Å². The number of benzene rings is 2. The van der Waals surface area contributed by atoms with Crippen LogP contribution in [0, 0.1) is 0 Å². The highest BCUT2D eigenvalue weighted by Gasteiger charge is 2.49. The van der Waals surface area contributed by atoms with E-state index >= 15 is 0 Å². The Hall–Kier alpha value is -3.24. The van der Waals surface area contributed by atoms with Crippen molar-refractivity contribution in [2.75, 3.05) is 0 Å². The van der Waals surface area contributed by atoms with Crippen LogP contribution in [0.5, 0.6) is 11.6 Å². The van der Waals surface area contributed by atoms with Crippen LogP contribution in [0.3, 0.4) is 0 Å². The quantitative estimate of drug-likeness (QED) is 0.361. The molecule has 0 unspecified atom stereocenters. The van der Waals surface area contributed by atoms with E-state index in [9.17, 15) is 22.8 Å². The molecule has 0 radical (unpaired) electrons. The fourth-order valence-corrected chi connectivity index (χ4v) is 3.79. The van der Waals surface area contributed by atoms with Gasteiger partial charge in [0, 0.05) is 13.1 Å². The van der Waals surface area contributed by atoms with E-state index in [1.54, 1.807) is 0 Å². The van der Waals surface area contributed by atoms with E-state index in [0.717, 1.165) is 4.68 Å². The third kappa shape index (κ3) is 5.60.